The number of nitrogen functional groups attached to an aromatic ring is 1. The maximum Gasteiger partial charge on any atom is 0.161 e. The second kappa shape index (κ2) is 5.60. The Morgan fingerprint density at radius 3 is 2.46 bits per heavy atom. The highest BCUT2D eigenvalue weighted by atomic mass is 16.5. The Morgan fingerprint density at radius 2 is 1.75 bits per heavy atom. The van der Waals surface area contributed by atoms with Crippen LogP contribution in [-0.4, -0.2) is 23.8 Å². The van der Waals surface area contributed by atoms with Crippen LogP contribution in [0.1, 0.15) is 5.56 Å². The summed E-state index contributed by atoms with van der Waals surface area (Å²) >= 11 is 0. The van der Waals surface area contributed by atoms with Crippen LogP contribution in [0.4, 0.5) is 5.69 Å². The van der Waals surface area contributed by atoms with Crippen LogP contribution >= 0.6 is 0 Å². The number of aromatic nitrogens is 2. The molecule has 5 heteroatoms. The molecule has 0 bridgehead atoms. The minimum atomic E-state index is 0.736. The zero-order valence-corrected chi connectivity index (χ0v) is 13.7. The molecule has 122 valence electrons. The van der Waals surface area contributed by atoms with Gasteiger partial charge in [0.1, 0.15) is 5.82 Å². The standard InChI is InChI=1S/C19H19N3O2/c1-23-17-9-13-7-8-22-16(15(13)10-18(17)24-2)11-21-19(22)12-3-5-14(20)6-4-12/h3-6,9-11H,7-8,20H2,1-2H3. The van der Waals surface area contributed by atoms with E-state index in [4.69, 9.17) is 15.2 Å². The van der Waals surface area contributed by atoms with Crippen molar-refractivity contribution in [2.75, 3.05) is 20.0 Å². The normalized spacial score (nSPS) is 12.4. The van der Waals surface area contributed by atoms with Gasteiger partial charge in [-0.1, -0.05) is 0 Å². The number of rotatable bonds is 3. The van der Waals surface area contributed by atoms with Gasteiger partial charge in [0.15, 0.2) is 11.5 Å². The number of fused-ring (bicyclic) bond motifs is 3. The molecule has 0 fully saturated rings. The molecule has 0 spiro atoms. The first kappa shape index (κ1) is 14.6. The van der Waals surface area contributed by atoms with Crippen LogP contribution in [0.25, 0.3) is 22.6 Å². The highest BCUT2D eigenvalue weighted by Crippen LogP contribution is 2.40. The molecule has 1 aliphatic rings. The molecule has 0 saturated carbocycles. The van der Waals surface area contributed by atoms with E-state index < -0.39 is 0 Å². The van der Waals surface area contributed by atoms with Crippen LogP contribution in [0.15, 0.2) is 42.6 Å². The van der Waals surface area contributed by atoms with E-state index in [1.54, 1.807) is 14.2 Å². The van der Waals surface area contributed by atoms with Crippen LogP contribution in [-0.2, 0) is 13.0 Å². The number of imidazole rings is 1. The molecule has 2 N–H and O–H groups in total. The van der Waals surface area contributed by atoms with Gasteiger partial charge in [-0.15, -0.1) is 0 Å². The fraction of sp³-hybridized carbons (Fsp3) is 0.211. The fourth-order valence-electron chi connectivity index (χ4n) is 3.28. The van der Waals surface area contributed by atoms with E-state index in [1.807, 2.05) is 36.5 Å². The van der Waals surface area contributed by atoms with Gasteiger partial charge in [0.05, 0.1) is 26.1 Å². The Hall–Kier alpha value is -2.95. The van der Waals surface area contributed by atoms with Crippen molar-refractivity contribution >= 4 is 5.69 Å². The number of nitrogens with two attached hydrogens (primary N) is 1. The molecule has 0 unspecified atom stereocenters. The van der Waals surface area contributed by atoms with Gasteiger partial charge in [0, 0.05) is 23.4 Å². The largest absolute Gasteiger partial charge is 0.493 e. The predicted molar refractivity (Wildman–Crippen MR) is 94.3 cm³/mol. The number of hydrogen-bond donors (Lipinski definition) is 1. The predicted octanol–water partition coefficient (Wildman–Crippen LogP) is 3.37. The third-order valence-electron chi connectivity index (χ3n) is 4.51. The van der Waals surface area contributed by atoms with Gasteiger partial charge in [-0.05, 0) is 48.4 Å². The summed E-state index contributed by atoms with van der Waals surface area (Å²) in [4.78, 5) is 4.64. The molecule has 0 amide bonds. The van der Waals surface area contributed by atoms with Crippen LogP contribution in [0, 0.1) is 0 Å². The van der Waals surface area contributed by atoms with E-state index in [0.717, 1.165) is 52.8 Å². The molecule has 0 aliphatic carbocycles. The lowest BCUT2D eigenvalue weighted by Crippen LogP contribution is -2.12. The highest BCUT2D eigenvalue weighted by Gasteiger charge is 2.22. The minimum Gasteiger partial charge on any atom is -0.493 e. The lowest BCUT2D eigenvalue weighted by atomic mass is 9.97. The average molecular weight is 321 g/mol. The number of hydrogen-bond acceptors (Lipinski definition) is 4. The zero-order chi connectivity index (χ0) is 16.7. The summed E-state index contributed by atoms with van der Waals surface area (Å²) in [6, 6.07) is 11.9. The second-order valence-electron chi connectivity index (χ2n) is 5.86. The molecule has 0 saturated heterocycles. The smallest absolute Gasteiger partial charge is 0.161 e. The fourth-order valence-corrected chi connectivity index (χ4v) is 3.28. The van der Waals surface area contributed by atoms with Gasteiger partial charge in [-0.25, -0.2) is 4.98 Å². The van der Waals surface area contributed by atoms with Crippen molar-refractivity contribution in [1.29, 1.82) is 0 Å². The molecule has 0 radical (unpaired) electrons. The number of methoxy groups -OCH3 is 2. The van der Waals surface area contributed by atoms with Crippen molar-refractivity contribution < 1.29 is 9.47 Å². The summed E-state index contributed by atoms with van der Waals surface area (Å²) in [5.74, 6) is 2.47. The minimum absolute atomic E-state index is 0.736. The monoisotopic (exact) mass is 321 g/mol. The molecule has 24 heavy (non-hydrogen) atoms. The second-order valence-corrected chi connectivity index (χ2v) is 5.86. The van der Waals surface area contributed by atoms with Gasteiger partial charge < -0.3 is 19.8 Å². The maximum absolute atomic E-state index is 5.79. The Bertz CT molecular complexity index is 898. The van der Waals surface area contributed by atoms with Crippen LogP contribution < -0.4 is 15.2 Å². The average Bonchev–Trinajstić information content (AvgIpc) is 3.05. The first-order chi connectivity index (χ1) is 11.7. The Kier molecular flexibility index (Phi) is 3.41. The quantitative estimate of drug-likeness (QED) is 0.751. The summed E-state index contributed by atoms with van der Waals surface area (Å²) in [6.45, 7) is 0.886. The molecular weight excluding hydrogens is 302 g/mol. The SMILES string of the molecule is COc1cc2c(cc1OC)-c1cnc(-c3ccc(N)cc3)n1CC2. The molecule has 5 nitrogen and oxygen atoms in total. The van der Waals surface area contributed by atoms with Crippen molar-refractivity contribution in [2.24, 2.45) is 0 Å². The summed E-state index contributed by atoms with van der Waals surface area (Å²) in [7, 11) is 3.32. The van der Waals surface area contributed by atoms with Crippen molar-refractivity contribution in [3.05, 3.63) is 48.2 Å². The van der Waals surface area contributed by atoms with Gasteiger partial charge >= 0.3 is 0 Å². The van der Waals surface area contributed by atoms with Crippen molar-refractivity contribution in [3.8, 4) is 34.1 Å². The lowest BCUT2D eigenvalue weighted by Gasteiger charge is -2.22. The number of anilines is 1. The van der Waals surface area contributed by atoms with E-state index in [1.165, 1.54) is 5.56 Å². The third kappa shape index (κ3) is 2.21. The van der Waals surface area contributed by atoms with Gasteiger partial charge in [-0.3, -0.25) is 0 Å². The third-order valence-corrected chi connectivity index (χ3v) is 4.51. The van der Waals surface area contributed by atoms with E-state index >= 15 is 0 Å². The number of benzene rings is 2. The lowest BCUT2D eigenvalue weighted by molar-refractivity contribution is 0.354. The van der Waals surface area contributed by atoms with Crippen molar-refractivity contribution in [3.63, 3.8) is 0 Å². The summed E-state index contributed by atoms with van der Waals surface area (Å²) in [5, 5.41) is 0. The van der Waals surface area contributed by atoms with E-state index in [9.17, 15) is 0 Å². The Morgan fingerprint density at radius 1 is 1.04 bits per heavy atom. The molecule has 2 heterocycles. The summed E-state index contributed by atoms with van der Waals surface area (Å²) in [6.07, 6.45) is 2.86. The van der Waals surface area contributed by atoms with Crippen LogP contribution in [0.5, 0.6) is 11.5 Å². The van der Waals surface area contributed by atoms with E-state index in [0.29, 0.717) is 0 Å². The van der Waals surface area contributed by atoms with Gasteiger partial charge in [0.25, 0.3) is 0 Å². The summed E-state index contributed by atoms with van der Waals surface area (Å²) < 4.78 is 13.1. The topological polar surface area (TPSA) is 62.3 Å². The van der Waals surface area contributed by atoms with E-state index in [2.05, 4.69) is 15.6 Å². The van der Waals surface area contributed by atoms with E-state index in [-0.39, 0.29) is 0 Å². The van der Waals surface area contributed by atoms with Gasteiger partial charge in [-0.2, -0.15) is 0 Å². The highest BCUT2D eigenvalue weighted by molar-refractivity contribution is 5.73. The molecular formula is C19H19N3O2. The number of nitrogens with zero attached hydrogens (tertiary/aromatic N) is 2. The molecule has 1 aliphatic heterocycles. The molecule has 4 rings (SSSR count). The maximum atomic E-state index is 5.79. The zero-order valence-electron chi connectivity index (χ0n) is 13.7. The molecule has 2 aromatic carbocycles. The summed E-state index contributed by atoms with van der Waals surface area (Å²) in [5.41, 5.74) is 11.1. The number of ether oxygens (including phenoxy) is 2. The van der Waals surface area contributed by atoms with Crippen molar-refractivity contribution in [2.45, 2.75) is 13.0 Å². The number of aryl methyl sites for hydroxylation is 1. The van der Waals surface area contributed by atoms with Crippen LogP contribution in [0.2, 0.25) is 0 Å². The molecule has 1 aromatic heterocycles. The Balaban J connectivity index is 1.84. The first-order valence-corrected chi connectivity index (χ1v) is 7.88. The van der Waals surface area contributed by atoms with Crippen LogP contribution in [0.3, 0.4) is 0 Å². The molecule has 3 aromatic rings. The Labute approximate surface area is 140 Å². The molecule has 0 atom stereocenters. The first-order valence-electron chi connectivity index (χ1n) is 7.88. The van der Waals surface area contributed by atoms with Crippen molar-refractivity contribution in [1.82, 2.24) is 9.55 Å². The van der Waals surface area contributed by atoms with Gasteiger partial charge in [0.2, 0.25) is 0 Å².